The van der Waals surface area contributed by atoms with Crippen molar-refractivity contribution in [3.8, 4) is 0 Å². The molecule has 1 amide bonds. The lowest BCUT2D eigenvalue weighted by Gasteiger charge is -2.25. The molecule has 0 unspecified atom stereocenters. The van der Waals surface area contributed by atoms with Crippen molar-refractivity contribution in [1.29, 1.82) is 0 Å². The van der Waals surface area contributed by atoms with E-state index in [2.05, 4.69) is 5.16 Å². The Kier molecular flexibility index (Phi) is 4.42. The van der Waals surface area contributed by atoms with Crippen molar-refractivity contribution in [2.24, 2.45) is 5.16 Å². The van der Waals surface area contributed by atoms with Crippen LogP contribution in [-0.2, 0) is 9.63 Å². The maximum Gasteiger partial charge on any atom is 0.272 e. The zero-order chi connectivity index (χ0) is 16.2. The second-order valence-electron chi connectivity index (χ2n) is 5.75. The summed E-state index contributed by atoms with van der Waals surface area (Å²) in [5, 5.41) is 4.02. The summed E-state index contributed by atoms with van der Waals surface area (Å²) in [4.78, 5) is 19.8. The van der Waals surface area contributed by atoms with Gasteiger partial charge in [0.05, 0.1) is 6.04 Å². The molecule has 2 atom stereocenters. The third-order valence-electron chi connectivity index (χ3n) is 4.27. The van der Waals surface area contributed by atoms with Crippen LogP contribution < -0.4 is 0 Å². The largest absolute Gasteiger partial charge is 0.387 e. The van der Waals surface area contributed by atoms with Crippen molar-refractivity contribution in [2.45, 2.75) is 25.5 Å². The van der Waals surface area contributed by atoms with Gasteiger partial charge in [0.2, 0.25) is 0 Å². The number of carbonyl (C=O) groups is 1. The van der Waals surface area contributed by atoms with Crippen molar-refractivity contribution < 1.29 is 9.63 Å². The van der Waals surface area contributed by atoms with E-state index in [-0.39, 0.29) is 18.1 Å². The molecule has 1 aliphatic rings. The number of benzene rings is 2. The van der Waals surface area contributed by atoms with Gasteiger partial charge in [-0.25, -0.2) is 0 Å². The van der Waals surface area contributed by atoms with Crippen LogP contribution in [0, 0.1) is 0 Å². The number of rotatable bonds is 4. The lowest BCUT2D eigenvalue weighted by molar-refractivity contribution is -0.124. The second kappa shape index (κ2) is 6.65. The van der Waals surface area contributed by atoms with Gasteiger partial charge in [0.15, 0.2) is 6.10 Å². The van der Waals surface area contributed by atoms with E-state index in [1.165, 1.54) is 0 Å². The van der Waals surface area contributed by atoms with Crippen molar-refractivity contribution >= 4 is 11.6 Å². The number of hydrogen-bond acceptors (Lipinski definition) is 3. The maximum absolute atomic E-state index is 12.7. The molecule has 23 heavy (non-hydrogen) atoms. The Bertz CT molecular complexity index is 698. The minimum atomic E-state index is -0.171. The monoisotopic (exact) mass is 308 g/mol. The van der Waals surface area contributed by atoms with Crippen LogP contribution in [0.3, 0.4) is 0 Å². The highest BCUT2D eigenvalue weighted by Gasteiger charge is 2.30. The minimum Gasteiger partial charge on any atom is -0.387 e. The molecular weight excluding hydrogens is 288 g/mol. The number of amides is 1. The normalized spacial score (nSPS) is 18.0. The molecule has 0 radical (unpaired) electrons. The number of hydrogen-bond donors (Lipinski definition) is 0. The summed E-state index contributed by atoms with van der Waals surface area (Å²) in [6.45, 7) is 2.01. The summed E-state index contributed by atoms with van der Waals surface area (Å²) < 4.78 is 0. The topological polar surface area (TPSA) is 41.9 Å². The van der Waals surface area contributed by atoms with Crippen LogP contribution in [0.4, 0.5) is 0 Å². The van der Waals surface area contributed by atoms with Crippen LogP contribution in [0.15, 0.2) is 65.8 Å². The van der Waals surface area contributed by atoms with Crippen LogP contribution in [0.1, 0.15) is 36.6 Å². The minimum absolute atomic E-state index is 0.0119. The Hall–Kier alpha value is -2.62. The van der Waals surface area contributed by atoms with Gasteiger partial charge in [-0.1, -0.05) is 65.8 Å². The van der Waals surface area contributed by atoms with Gasteiger partial charge in [-0.15, -0.1) is 0 Å². The van der Waals surface area contributed by atoms with Crippen LogP contribution in [-0.4, -0.2) is 23.6 Å². The molecular formula is C19H20N2O2. The zero-order valence-electron chi connectivity index (χ0n) is 13.3. The molecule has 0 aromatic heterocycles. The third kappa shape index (κ3) is 3.26. The molecule has 2 aromatic carbocycles. The highest BCUT2D eigenvalue weighted by Crippen LogP contribution is 2.28. The van der Waals surface area contributed by atoms with E-state index in [9.17, 15) is 4.79 Å². The molecule has 0 spiro atoms. The third-order valence-corrected chi connectivity index (χ3v) is 4.27. The van der Waals surface area contributed by atoms with Gasteiger partial charge in [0.25, 0.3) is 5.91 Å². The molecule has 118 valence electrons. The van der Waals surface area contributed by atoms with E-state index >= 15 is 0 Å². The molecule has 4 heteroatoms. The SMILES string of the molecule is C[C@@H](c1ccccc1)N(C)C(=O)C1=NO[C@H](c2ccccc2)C1. The van der Waals surface area contributed by atoms with E-state index in [1.54, 1.807) is 11.9 Å². The van der Waals surface area contributed by atoms with Crippen molar-refractivity contribution in [3.05, 3.63) is 71.8 Å². The lowest BCUT2D eigenvalue weighted by Crippen LogP contribution is -2.34. The Balaban J connectivity index is 1.67. The predicted octanol–water partition coefficient (Wildman–Crippen LogP) is 3.72. The van der Waals surface area contributed by atoms with Gasteiger partial charge in [-0.2, -0.15) is 0 Å². The summed E-state index contributed by atoms with van der Waals surface area (Å²) in [6.07, 6.45) is 0.338. The van der Waals surface area contributed by atoms with E-state index in [0.29, 0.717) is 12.1 Å². The Morgan fingerprint density at radius 2 is 1.74 bits per heavy atom. The molecule has 0 N–H and O–H groups in total. The average Bonchev–Trinajstić information content (AvgIpc) is 3.11. The molecule has 1 aliphatic heterocycles. The van der Waals surface area contributed by atoms with Crippen molar-refractivity contribution in [2.75, 3.05) is 7.05 Å². The van der Waals surface area contributed by atoms with Gasteiger partial charge in [-0.05, 0) is 18.1 Å². The summed E-state index contributed by atoms with van der Waals surface area (Å²) in [7, 11) is 1.80. The standard InChI is InChI=1S/C19H20N2O2/c1-14(15-9-5-3-6-10-15)21(2)19(22)17-13-18(23-20-17)16-11-7-4-8-12-16/h3-12,14,18H,13H2,1-2H3/t14-,18-/m0/s1. The van der Waals surface area contributed by atoms with Crippen LogP contribution in [0.5, 0.6) is 0 Å². The van der Waals surface area contributed by atoms with Crippen molar-refractivity contribution in [1.82, 2.24) is 4.90 Å². The van der Waals surface area contributed by atoms with Crippen molar-refractivity contribution in [3.63, 3.8) is 0 Å². The molecule has 0 saturated heterocycles. The van der Waals surface area contributed by atoms with E-state index in [1.807, 2.05) is 67.6 Å². The molecule has 2 aromatic rings. The fraction of sp³-hybridized carbons (Fsp3) is 0.263. The Morgan fingerprint density at radius 1 is 1.13 bits per heavy atom. The molecule has 0 saturated carbocycles. The zero-order valence-corrected chi connectivity index (χ0v) is 13.3. The first kappa shape index (κ1) is 15.3. The molecule has 0 bridgehead atoms. The molecule has 1 heterocycles. The fourth-order valence-electron chi connectivity index (χ4n) is 2.68. The first-order chi connectivity index (χ1) is 11.2. The van der Waals surface area contributed by atoms with Gasteiger partial charge >= 0.3 is 0 Å². The fourth-order valence-corrected chi connectivity index (χ4v) is 2.68. The molecule has 4 nitrogen and oxygen atoms in total. The number of oxime groups is 1. The van der Waals surface area contributed by atoms with Crippen LogP contribution in [0.25, 0.3) is 0 Å². The second-order valence-corrected chi connectivity index (χ2v) is 5.75. The van der Waals surface area contributed by atoms with Crippen LogP contribution in [0.2, 0.25) is 0 Å². The summed E-state index contributed by atoms with van der Waals surface area (Å²) in [5.41, 5.74) is 2.62. The number of carbonyl (C=O) groups excluding carboxylic acids is 1. The first-order valence-corrected chi connectivity index (χ1v) is 7.76. The summed E-state index contributed by atoms with van der Waals surface area (Å²) in [5.74, 6) is -0.0835. The smallest absolute Gasteiger partial charge is 0.272 e. The first-order valence-electron chi connectivity index (χ1n) is 7.76. The Morgan fingerprint density at radius 3 is 2.39 bits per heavy atom. The summed E-state index contributed by atoms with van der Waals surface area (Å²) in [6, 6.07) is 19.8. The highest BCUT2D eigenvalue weighted by molar-refractivity contribution is 6.39. The van der Waals surface area contributed by atoms with Gasteiger partial charge in [-0.3, -0.25) is 4.79 Å². The maximum atomic E-state index is 12.7. The highest BCUT2D eigenvalue weighted by atomic mass is 16.6. The van der Waals surface area contributed by atoms with Gasteiger partial charge in [0.1, 0.15) is 5.71 Å². The average molecular weight is 308 g/mol. The summed E-state index contributed by atoms with van der Waals surface area (Å²) >= 11 is 0. The number of nitrogens with zero attached hydrogens (tertiary/aromatic N) is 2. The van der Waals surface area contributed by atoms with E-state index in [4.69, 9.17) is 4.84 Å². The predicted molar refractivity (Wildman–Crippen MR) is 89.9 cm³/mol. The van der Waals surface area contributed by atoms with Crippen LogP contribution >= 0.6 is 0 Å². The van der Waals surface area contributed by atoms with Gasteiger partial charge < -0.3 is 9.74 Å². The molecule has 3 rings (SSSR count). The van der Waals surface area contributed by atoms with Gasteiger partial charge in [0, 0.05) is 13.5 Å². The van der Waals surface area contributed by atoms with E-state index in [0.717, 1.165) is 11.1 Å². The lowest BCUT2D eigenvalue weighted by atomic mass is 10.0. The Labute approximate surface area is 136 Å². The molecule has 0 aliphatic carbocycles. The molecule has 0 fully saturated rings. The van der Waals surface area contributed by atoms with E-state index < -0.39 is 0 Å². The quantitative estimate of drug-likeness (QED) is 0.863.